The van der Waals surface area contributed by atoms with Crippen molar-refractivity contribution in [3.05, 3.63) is 64.1 Å². The van der Waals surface area contributed by atoms with Crippen molar-refractivity contribution in [3.63, 3.8) is 0 Å². The summed E-state index contributed by atoms with van der Waals surface area (Å²) < 4.78 is 7.20. The molecule has 2 nitrogen and oxygen atoms in total. The van der Waals surface area contributed by atoms with Crippen LogP contribution in [0.3, 0.4) is 0 Å². The van der Waals surface area contributed by atoms with Crippen LogP contribution in [-0.2, 0) is 6.54 Å². The normalized spacial score (nSPS) is 15.7. The van der Waals surface area contributed by atoms with Gasteiger partial charge in [-0.1, -0.05) is 46.3 Å². The Morgan fingerprint density at radius 1 is 1.19 bits per heavy atom. The van der Waals surface area contributed by atoms with Crippen molar-refractivity contribution in [2.24, 2.45) is 0 Å². The SMILES string of the molecule is CC(Oc1ccc(Br)c(CNC2CC2)c1)c1ccccc1. The van der Waals surface area contributed by atoms with Crippen molar-refractivity contribution in [2.75, 3.05) is 0 Å². The van der Waals surface area contributed by atoms with Gasteiger partial charge in [-0.3, -0.25) is 0 Å². The zero-order chi connectivity index (χ0) is 14.7. The first-order chi connectivity index (χ1) is 10.2. The monoisotopic (exact) mass is 345 g/mol. The highest BCUT2D eigenvalue weighted by Gasteiger charge is 2.20. The van der Waals surface area contributed by atoms with Gasteiger partial charge in [0, 0.05) is 17.1 Å². The number of hydrogen-bond acceptors (Lipinski definition) is 2. The molecule has 110 valence electrons. The fourth-order valence-corrected chi connectivity index (χ4v) is 2.68. The zero-order valence-corrected chi connectivity index (χ0v) is 13.8. The molecule has 2 aromatic rings. The highest BCUT2D eigenvalue weighted by Crippen LogP contribution is 2.27. The van der Waals surface area contributed by atoms with E-state index in [-0.39, 0.29) is 6.10 Å². The van der Waals surface area contributed by atoms with E-state index in [1.54, 1.807) is 0 Å². The van der Waals surface area contributed by atoms with Crippen LogP contribution in [0.25, 0.3) is 0 Å². The number of benzene rings is 2. The molecule has 3 rings (SSSR count). The van der Waals surface area contributed by atoms with E-state index < -0.39 is 0 Å². The lowest BCUT2D eigenvalue weighted by Gasteiger charge is -2.16. The second kappa shape index (κ2) is 6.63. The van der Waals surface area contributed by atoms with Gasteiger partial charge in [0.25, 0.3) is 0 Å². The minimum absolute atomic E-state index is 0.0524. The highest BCUT2D eigenvalue weighted by molar-refractivity contribution is 9.10. The smallest absolute Gasteiger partial charge is 0.121 e. The molecule has 0 amide bonds. The quantitative estimate of drug-likeness (QED) is 0.808. The largest absolute Gasteiger partial charge is 0.486 e. The number of halogens is 1. The van der Waals surface area contributed by atoms with Crippen LogP contribution in [0, 0.1) is 0 Å². The zero-order valence-electron chi connectivity index (χ0n) is 12.2. The first-order valence-electron chi connectivity index (χ1n) is 7.46. The topological polar surface area (TPSA) is 21.3 Å². The van der Waals surface area contributed by atoms with Gasteiger partial charge in [0.15, 0.2) is 0 Å². The second-order valence-electron chi connectivity index (χ2n) is 5.58. The van der Waals surface area contributed by atoms with Crippen molar-refractivity contribution in [1.29, 1.82) is 0 Å². The van der Waals surface area contributed by atoms with Crippen LogP contribution in [0.1, 0.15) is 37.0 Å². The van der Waals surface area contributed by atoms with Crippen LogP contribution in [0.4, 0.5) is 0 Å². The summed E-state index contributed by atoms with van der Waals surface area (Å²) in [6.07, 6.45) is 2.66. The van der Waals surface area contributed by atoms with E-state index >= 15 is 0 Å². The van der Waals surface area contributed by atoms with Crippen LogP contribution >= 0.6 is 15.9 Å². The van der Waals surface area contributed by atoms with Crippen LogP contribution in [0.2, 0.25) is 0 Å². The predicted octanol–water partition coefficient (Wildman–Crippen LogP) is 4.84. The molecule has 0 aromatic heterocycles. The Bertz CT molecular complexity index is 595. The van der Waals surface area contributed by atoms with Crippen LogP contribution in [0.15, 0.2) is 53.0 Å². The lowest BCUT2D eigenvalue weighted by molar-refractivity contribution is 0.226. The summed E-state index contributed by atoms with van der Waals surface area (Å²) in [7, 11) is 0. The van der Waals surface area contributed by atoms with Crippen molar-refractivity contribution in [3.8, 4) is 5.75 Å². The van der Waals surface area contributed by atoms with Gasteiger partial charge >= 0.3 is 0 Å². The first-order valence-corrected chi connectivity index (χ1v) is 8.25. The van der Waals surface area contributed by atoms with E-state index in [0.29, 0.717) is 6.04 Å². The van der Waals surface area contributed by atoms with Gasteiger partial charge in [-0.15, -0.1) is 0 Å². The van der Waals surface area contributed by atoms with E-state index in [1.807, 2.05) is 24.3 Å². The molecule has 0 heterocycles. The van der Waals surface area contributed by atoms with E-state index in [9.17, 15) is 0 Å². The number of nitrogens with one attached hydrogen (secondary N) is 1. The van der Waals surface area contributed by atoms with Crippen molar-refractivity contribution in [2.45, 2.75) is 38.5 Å². The molecule has 0 saturated heterocycles. The predicted molar refractivity (Wildman–Crippen MR) is 89.5 cm³/mol. The highest BCUT2D eigenvalue weighted by atomic mass is 79.9. The minimum atomic E-state index is 0.0524. The molecule has 0 bridgehead atoms. The van der Waals surface area contributed by atoms with Gasteiger partial charge in [0.2, 0.25) is 0 Å². The average Bonchev–Trinajstić information content (AvgIpc) is 3.33. The van der Waals surface area contributed by atoms with Gasteiger partial charge in [0.05, 0.1) is 0 Å². The van der Waals surface area contributed by atoms with Gasteiger partial charge in [-0.25, -0.2) is 0 Å². The molecule has 3 heteroatoms. The molecule has 1 saturated carbocycles. The molecule has 1 aliphatic carbocycles. The summed E-state index contributed by atoms with van der Waals surface area (Å²) in [4.78, 5) is 0. The van der Waals surface area contributed by atoms with E-state index in [2.05, 4.69) is 52.4 Å². The average molecular weight is 346 g/mol. The summed E-state index contributed by atoms with van der Waals surface area (Å²) in [5, 5.41) is 3.54. The van der Waals surface area contributed by atoms with Crippen molar-refractivity contribution < 1.29 is 4.74 Å². The Morgan fingerprint density at radius 2 is 1.95 bits per heavy atom. The Kier molecular flexibility index (Phi) is 4.61. The molecular formula is C18H20BrNO. The summed E-state index contributed by atoms with van der Waals surface area (Å²) in [6, 6.07) is 17.2. The molecule has 0 spiro atoms. The number of rotatable bonds is 6. The maximum absolute atomic E-state index is 6.07. The fraction of sp³-hybridized carbons (Fsp3) is 0.333. The standard InChI is InChI=1S/C18H20BrNO/c1-13(14-5-3-2-4-6-14)21-17-9-10-18(19)15(11-17)12-20-16-7-8-16/h2-6,9-11,13,16,20H,7-8,12H2,1H3. The van der Waals surface area contributed by atoms with Crippen LogP contribution in [-0.4, -0.2) is 6.04 Å². The summed E-state index contributed by atoms with van der Waals surface area (Å²) >= 11 is 3.62. The molecule has 1 N–H and O–H groups in total. The molecule has 1 atom stereocenters. The maximum Gasteiger partial charge on any atom is 0.121 e. The number of ether oxygens (including phenoxy) is 1. The lowest BCUT2D eigenvalue weighted by atomic mass is 10.1. The summed E-state index contributed by atoms with van der Waals surface area (Å²) in [5.74, 6) is 0.919. The van der Waals surface area contributed by atoms with Gasteiger partial charge in [-0.2, -0.15) is 0 Å². The molecule has 2 aromatic carbocycles. The van der Waals surface area contributed by atoms with Crippen LogP contribution in [0.5, 0.6) is 5.75 Å². The Labute approximate surface area is 134 Å². The molecule has 1 unspecified atom stereocenters. The van der Waals surface area contributed by atoms with Gasteiger partial charge in [-0.05, 0) is 49.1 Å². The second-order valence-corrected chi connectivity index (χ2v) is 6.43. The van der Waals surface area contributed by atoms with E-state index in [4.69, 9.17) is 4.74 Å². The Hall–Kier alpha value is -1.32. The fourth-order valence-electron chi connectivity index (χ4n) is 2.30. The molecule has 0 aliphatic heterocycles. The third kappa shape index (κ3) is 4.08. The number of hydrogen-bond donors (Lipinski definition) is 1. The van der Waals surface area contributed by atoms with Crippen LogP contribution < -0.4 is 10.1 Å². The lowest BCUT2D eigenvalue weighted by Crippen LogP contribution is -2.15. The summed E-state index contributed by atoms with van der Waals surface area (Å²) in [5.41, 5.74) is 2.44. The Morgan fingerprint density at radius 3 is 2.67 bits per heavy atom. The van der Waals surface area contributed by atoms with E-state index in [1.165, 1.54) is 24.0 Å². The van der Waals surface area contributed by atoms with Gasteiger partial charge in [0.1, 0.15) is 11.9 Å². The minimum Gasteiger partial charge on any atom is -0.486 e. The molecule has 1 aliphatic rings. The molecule has 1 fully saturated rings. The Balaban J connectivity index is 1.68. The third-order valence-corrected chi connectivity index (χ3v) is 4.53. The maximum atomic E-state index is 6.07. The van der Waals surface area contributed by atoms with Crippen molar-refractivity contribution >= 4 is 15.9 Å². The third-order valence-electron chi connectivity index (χ3n) is 3.76. The molecule has 21 heavy (non-hydrogen) atoms. The van der Waals surface area contributed by atoms with Crippen molar-refractivity contribution in [1.82, 2.24) is 5.32 Å². The summed E-state index contributed by atoms with van der Waals surface area (Å²) in [6.45, 7) is 2.97. The van der Waals surface area contributed by atoms with Gasteiger partial charge < -0.3 is 10.1 Å². The molecular weight excluding hydrogens is 326 g/mol. The first kappa shape index (κ1) is 14.6. The van der Waals surface area contributed by atoms with E-state index in [0.717, 1.165) is 16.8 Å². The molecule has 0 radical (unpaired) electrons.